The van der Waals surface area contributed by atoms with E-state index in [4.69, 9.17) is 32.1 Å². The van der Waals surface area contributed by atoms with Gasteiger partial charge >= 0.3 is 231 Å². The van der Waals surface area contributed by atoms with Crippen molar-refractivity contribution in [3.63, 3.8) is 0 Å². The predicted molar refractivity (Wildman–Crippen MR) is 29.5 cm³/mol. The summed E-state index contributed by atoms with van der Waals surface area (Å²) in [6.07, 6.45) is 0. The molecule has 0 saturated carbocycles. The van der Waals surface area contributed by atoms with Crippen LogP contribution in [0.2, 0.25) is 0 Å². The molecule has 16 heavy (non-hydrogen) atoms. The van der Waals surface area contributed by atoms with E-state index in [1.54, 1.807) is 0 Å². The van der Waals surface area contributed by atoms with E-state index in [-0.39, 0.29) is 149 Å². The van der Waals surface area contributed by atoms with Crippen molar-refractivity contribution >= 4 is 143 Å². The molecule has 0 aliphatic heterocycles. The van der Waals surface area contributed by atoms with E-state index in [1.807, 2.05) is 0 Å². The van der Waals surface area contributed by atoms with Gasteiger partial charge in [0, 0.05) is 0 Å². The average Bonchev–Trinajstić information content (AvgIpc) is 1.54. The van der Waals surface area contributed by atoms with E-state index in [0.717, 1.165) is 0 Å². The number of rotatable bonds is 0. The molecule has 0 unspecified atom stereocenters. The third kappa shape index (κ3) is 199. The second-order valence-corrected chi connectivity index (χ2v) is 3.09. The van der Waals surface area contributed by atoms with Crippen LogP contribution in [-0.2, 0) is 65.8 Å². The van der Waals surface area contributed by atoms with Gasteiger partial charge in [-0.1, -0.05) is 0 Å². The van der Waals surface area contributed by atoms with Gasteiger partial charge in [-0.05, 0) is 0 Å². The van der Waals surface area contributed by atoms with E-state index in [2.05, 4.69) is 0 Å². The quantitative estimate of drug-likeness (QED) is 0.213. The van der Waals surface area contributed by atoms with Crippen molar-refractivity contribution in [2.24, 2.45) is 0 Å². The summed E-state index contributed by atoms with van der Waals surface area (Å²) in [5.74, 6) is 0. The smallest absolute Gasteiger partial charge is 2.00 e. The average molecular weight is 885 g/mol. The molecule has 0 aromatic rings. The summed E-state index contributed by atoms with van der Waals surface area (Å²) in [6, 6.07) is 0. The molecule has 0 aromatic heterocycles. The van der Waals surface area contributed by atoms with E-state index in [0.29, 0.717) is 0 Å². The molecule has 0 heterocycles. The zero-order chi connectivity index (χ0) is 10.7. The molecule has 0 amide bonds. The maximum Gasteiger partial charge on any atom is 2.00 e. The number of hydrogen-bond acceptors (Lipinski definition) is 9. The van der Waals surface area contributed by atoms with Gasteiger partial charge in [0.15, 0.2) is 0 Å². The second-order valence-electron chi connectivity index (χ2n) is 0.750. The van der Waals surface area contributed by atoms with E-state index < -0.39 is 55.8 Å². The van der Waals surface area contributed by atoms with Gasteiger partial charge in [-0.25, -0.2) is 0 Å². The van der Waals surface area contributed by atoms with E-state index >= 15 is 0 Å². The van der Waals surface area contributed by atoms with Gasteiger partial charge in [0.25, 0.3) is 0 Å². The van der Waals surface area contributed by atoms with Crippen LogP contribution < -0.4 is 22.1 Å². The fourth-order valence-corrected chi connectivity index (χ4v) is 0. The van der Waals surface area contributed by atoms with Crippen molar-refractivity contribution < 1.29 is 93.7 Å². The molecule has 0 saturated heterocycles. The molecule has 16 heteroatoms. The summed E-state index contributed by atoms with van der Waals surface area (Å²) in [4.78, 5) is 0. The minimum atomic E-state index is -4.08. The van der Waals surface area contributed by atoms with Crippen LogP contribution in [0.4, 0.5) is 0 Å². The van der Waals surface area contributed by atoms with Crippen LogP contribution in [-0.4, -0.2) is 143 Å². The topological polar surface area (TPSA) is 190 Å². The molecule has 0 rings (SSSR count). The zero-order valence-corrected chi connectivity index (χ0v) is 26.1. The Morgan fingerprint density at radius 1 is 0.562 bits per heavy atom. The monoisotopic (exact) mass is 886 g/mol. The molecular formula is H4Bi2O9Sr2Ti3. The van der Waals surface area contributed by atoms with E-state index in [1.165, 1.54) is 0 Å². The molecule has 84 valence electrons. The SMILES string of the molecule is [Bi+3].[Bi+3].[H-].[H-].[H-].[H-].[O]=[Ti]([O-])[O-].[O]=[Ti]([O-])[O-].[O]=[Ti]([O-])[O-].[Sr+2].[Sr+2]. The first kappa shape index (κ1) is 43.1. The molecular weight excluding hydrogens is 881 g/mol. The maximum atomic E-state index is 8.58. The van der Waals surface area contributed by atoms with Crippen LogP contribution in [0.1, 0.15) is 5.71 Å². The summed E-state index contributed by atoms with van der Waals surface area (Å²) in [7, 11) is 0. The van der Waals surface area contributed by atoms with Gasteiger partial charge < -0.3 is 5.71 Å². The van der Waals surface area contributed by atoms with Crippen LogP contribution >= 0.6 is 0 Å². The summed E-state index contributed by atoms with van der Waals surface area (Å²) in [5.41, 5.74) is 0. The summed E-state index contributed by atoms with van der Waals surface area (Å²) in [6.45, 7) is 0. The minimum Gasteiger partial charge on any atom is 2.00 e. The van der Waals surface area contributed by atoms with Gasteiger partial charge in [0.05, 0.1) is 0 Å². The fourth-order valence-electron chi connectivity index (χ4n) is 0. The van der Waals surface area contributed by atoms with E-state index in [9.17, 15) is 0 Å². The largest absolute Gasteiger partial charge is 2.00 e. The Labute approximate surface area is 230 Å². The predicted octanol–water partition coefficient (Wildman–Crippen LogP) is -8.57. The molecule has 0 aromatic carbocycles. The zero-order valence-electron chi connectivity index (χ0n) is 11.5. The molecule has 0 bridgehead atoms. The number of hydrogen-bond donors (Lipinski definition) is 0. The Kier molecular flexibility index (Phi) is 101. The van der Waals surface area contributed by atoms with Crippen molar-refractivity contribution in [2.75, 3.05) is 0 Å². The van der Waals surface area contributed by atoms with Crippen LogP contribution in [0.15, 0.2) is 0 Å². The first-order chi connectivity index (χ1) is 5.20. The van der Waals surface area contributed by atoms with Crippen LogP contribution in [0.25, 0.3) is 0 Å². The maximum absolute atomic E-state index is 8.58. The van der Waals surface area contributed by atoms with Crippen molar-refractivity contribution in [2.45, 2.75) is 0 Å². The van der Waals surface area contributed by atoms with Crippen molar-refractivity contribution in [1.29, 1.82) is 0 Å². The van der Waals surface area contributed by atoms with Crippen molar-refractivity contribution in [3.8, 4) is 0 Å². The first-order valence-electron chi connectivity index (χ1n) is 1.84. The third-order valence-electron chi connectivity index (χ3n) is 0. The van der Waals surface area contributed by atoms with Gasteiger partial charge in [-0.15, -0.1) is 0 Å². The molecule has 0 atom stereocenters. The van der Waals surface area contributed by atoms with Gasteiger partial charge in [-0.3, -0.25) is 0 Å². The Morgan fingerprint density at radius 2 is 0.562 bits per heavy atom. The molecule has 0 spiro atoms. The summed E-state index contributed by atoms with van der Waals surface area (Å²) < 4.78 is 77.2. The third-order valence-corrected chi connectivity index (χ3v) is 0. The Hall–Kier alpha value is 6.03. The minimum absolute atomic E-state index is 0. The Balaban J connectivity index is -0.00000000562. The molecule has 9 nitrogen and oxygen atoms in total. The molecule has 0 aliphatic rings. The van der Waals surface area contributed by atoms with Gasteiger partial charge in [0.2, 0.25) is 0 Å². The molecule has 4 radical (unpaired) electrons. The second kappa shape index (κ2) is 37.3. The Morgan fingerprint density at radius 3 is 0.562 bits per heavy atom. The van der Waals surface area contributed by atoms with Crippen LogP contribution in [0.5, 0.6) is 0 Å². The fraction of sp³-hybridized carbons (Fsp3) is 0. The summed E-state index contributed by atoms with van der Waals surface area (Å²) in [5, 5.41) is 0. The van der Waals surface area contributed by atoms with Gasteiger partial charge in [0.1, 0.15) is 0 Å². The molecule has 0 aliphatic carbocycles. The van der Waals surface area contributed by atoms with Crippen LogP contribution in [0.3, 0.4) is 0 Å². The molecule has 0 fully saturated rings. The van der Waals surface area contributed by atoms with Crippen LogP contribution in [0, 0.1) is 0 Å². The van der Waals surface area contributed by atoms with Crippen molar-refractivity contribution in [1.82, 2.24) is 0 Å². The Bertz CT molecular complexity index is 139. The normalized spacial score (nSPS) is 4.88. The summed E-state index contributed by atoms with van der Waals surface area (Å²) >= 11 is -12.2. The standard InChI is InChI=1S/2Bi.9O.2Sr.3Ti.4H/q2*+3;;;;6*-1;2*+2;;;;4*-1. The van der Waals surface area contributed by atoms with Gasteiger partial charge in [-0.2, -0.15) is 0 Å². The first-order valence-corrected chi connectivity index (χ1v) is 7.57. The van der Waals surface area contributed by atoms with Crippen molar-refractivity contribution in [3.05, 3.63) is 0 Å². The molecule has 0 N–H and O–H groups in total.